The highest BCUT2D eigenvalue weighted by Crippen LogP contribution is 2.30. The molecule has 0 bridgehead atoms. The molecule has 5 heteroatoms. The van der Waals surface area contributed by atoms with Crippen molar-refractivity contribution in [1.82, 2.24) is 0 Å². The van der Waals surface area contributed by atoms with Crippen LogP contribution < -0.4 is 10.5 Å². The Bertz CT molecular complexity index is 686. The second-order valence-electron chi connectivity index (χ2n) is 4.33. The van der Waals surface area contributed by atoms with Crippen LogP contribution in [0.2, 0.25) is 0 Å². The van der Waals surface area contributed by atoms with Crippen LogP contribution in [-0.4, -0.2) is 12.9 Å². The lowest BCUT2D eigenvalue weighted by Crippen LogP contribution is -2.08. The average Bonchev–Trinajstić information content (AvgIpc) is 2.43. The Kier molecular flexibility index (Phi) is 4.09. The van der Waals surface area contributed by atoms with Crippen molar-refractivity contribution in [3.63, 3.8) is 0 Å². The zero-order valence-electron chi connectivity index (χ0n) is 11.0. The molecule has 0 spiro atoms. The highest BCUT2D eigenvalue weighted by Gasteiger charge is 2.19. The summed E-state index contributed by atoms with van der Waals surface area (Å²) in [6, 6.07) is 7.79. The van der Waals surface area contributed by atoms with Crippen LogP contribution in [0, 0.1) is 12.7 Å². The molecule has 0 unspecified atom stereocenters. The van der Waals surface area contributed by atoms with Gasteiger partial charge in [-0.2, -0.15) is 0 Å². The maximum atomic E-state index is 13.5. The topological polar surface area (TPSA) is 52.3 Å². The number of carbonyl (C=O) groups excluding carboxylic acids is 1. The van der Waals surface area contributed by atoms with E-state index >= 15 is 0 Å². The molecule has 0 aliphatic carbocycles. The Balaban J connectivity index is 2.59. The van der Waals surface area contributed by atoms with Gasteiger partial charge in [-0.3, -0.25) is 4.79 Å². The van der Waals surface area contributed by atoms with E-state index in [0.29, 0.717) is 11.3 Å². The van der Waals surface area contributed by atoms with Crippen LogP contribution in [0.15, 0.2) is 34.8 Å². The highest BCUT2D eigenvalue weighted by atomic mass is 79.9. The molecular formula is C15H13BrFNO2. The number of hydrogen-bond acceptors (Lipinski definition) is 3. The molecule has 0 atom stereocenters. The molecule has 0 saturated heterocycles. The number of ether oxygens (including phenoxy) is 1. The van der Waals surface area contributed by atoms with Gasteiger partial charge in [0.05, 0.1) is 17.1 Å². The molecule has 2 rings (SSSR count). The molecule has 0 aliphatic heterocycles. The van der Waals surface area contributed by atoms with Crippen LogP contribution in [0.5, 0.6) is 5.75 Å². The maximum absolute atomic E-state index is 13.5. The third kappa shape index (κ3) is 2.54. The first kappa shape index (κ1) is 14.5. The number of anilines is 1. The van der Waals surface area contributed by atoms with E-state index in [9.17, 15) is 9.18 Å². The van der Waals surface area contributed by atoms with Gasteiger partial charge in [0.25, 0.3) is 0 Å². The van der Waals surface area contributed by atoms with Crippen molar-refractivity contribution in [3.8, 4) is 5.75 Å². The van der Waals surface area contributed by atoms with Crippen molar-refractivity contribution in [3.05, 3.63) is 57.3 Å². The molecule has 0 aromatic heterocycles. The van der Waals surface area contributed by atoms with Gasteiger partial charge >= 0.3 is 0 Å². The van der Waals surface area contributed by atoms with Crippen molar-refractivity contribution in [2.45, 2.75) is 6.92 Å². The Labute approximate surface area is 124 Å². The van der Waals surface area contributed by atoms with E-state index in [4.69, 9.17) is 10.5 Å². The molecule has 20 heavy (non-hydrogen) atoms. The number of carbonyl (C=O) groups is 1. The normalized spacial score (nSPS) is 10.4. The van der Waals surface area contributed by atoms with Crippen molar-refractivity contribution in [2.24, 2.45) is 0 Å². The molecule has 0 amide bonds. The summed E-state index contributed by atoms with van der Waals surface area (Å²) in [5.41, 5.74) is 7.80. The second-order valence-corrected chi connectivity index (χ2v) is 5.19. The number of methoxy groups -OCH3 is 1. The first-order valence-electron chi connectivity index (χ1n) is 5.88. The van der Waals surface area contributed by atoms with Crippen LogP contribution >= 0.6 is 15.9 Å². The smallest absolute Gasteiger partial charge is 0.198 e. The summed E-state index contributed by atoms with van der Waals surface area (Å²) < 4.78 is 18.8. The predicted molar refractivity (Wildman–Crippen MR) is 79.7 cm³/mol. The van der Waals surface area contributed by atoms with Crippen LogP contribution in [0.3, 0.4) is 0 Å². The van der Waals surface area contributed by atoms with E-state index in [-0.39, 0.29) is 21.6 Å². The maximum Gasteiger partial charge on any atom is 0.198 e. The summed E-state index contributed by atoms with van der Waals surface area (Å²) in [6.07, 6.45) is 0. The van der Waals surface area contributed by atoms with Crippen molar-refractivity contribution in [1.29, 1.82) is 0 Å². The van der Waals surface area contributed by atoms with Gasteiger partial charge in [-0.1, -0.05) is 12.1 Å². The Morgan fingerprint density at radius 3 is 2.65 bits per heavy atom. The van der Waals surface area contributed by atoms with Crippen LogP contribution in [-0.2, 0) is 0 Å². The molecule has 2 aromatic rings. The van der Waals surface area contributed by atoms with Crippen LogP contribution in [0.4, 0.5) is 10.1 Å². The largest absolute Gasteiger partial charge is 0.496 e. The van der Waals surface area contributed by atoms with Gasteiger partial charge in [0.1, 0.15) is 11.6 Å². The molecule has 0 fully saturated rings. The number of rotatable bonds is 3. The SMILES string of the molecule is COc1cc(F)c(Br)cc1C(=O)c1cccc(C)c1N. The van der Waals surface area contributed by atoms with Crippen molar-refractivity contribution in [2.75, 3.05) is 12.8 Å². The summed E-state index contributed by atoms with van der Waals surface area (Å²) in [5, 5.41) is 0. The van der Waals surface area contributed by atoms with Gasteiger partial charge in [-0.15, -0.1) is 0 Å². The monoisotopic (exact) mass is 337 g/mol. The van der Waals surface area contributed by atoms with Crippen LogP contribution in [0.1, 0.15) is 21.5 Å². The zero-order chi connectivity index (χ0) is 14.9. The van der Waals surface area contributed by atoms with Crippen molar-refractivity contribution < 1.29 is 13.9 Å². The average molecular weight is 338 g/mol. The van der Waals surface area contributed by atoms with E-state index in [1.807, 2.05) is 13.0 Å². The summed E-state index contributed by atoms with van der Waals surface area (Å²) in [4.78, 5) is 12.6. The molecule has 2 N–H and O–H groups in total. The van der Waals surface area contributed by atoms with Gasteiger partial charge in [0.15, 0.2) is 5.78 Å². The third-order valence-electron chi connectivity index (χ3n) is 3.06. The second kappa shape index (κ2) is 5.63. The molecule has 0 radical (unpaired) electrons. The lowest BCUT2D eigenvalue weighted by molar-refractivity contribution is 0.103. The standard InChI is InChI=1S/C15H13BrFNO2/c1-8-4-3-5-9(14(8)18)15(19)10-6-11(16)12(17)7-13(10)20-2/h3-7H,18H2,1-2H3. The molecule has 0 saturated carbocycles. The Morgan fingerprint density at radius 2 is 2.00 bits per heavy atom. The fourth-order valence-corrected chi connectivity index (χ4v) is 2.24. The number of aryl methyl sites for hydroxylation is 1. The van der Waals surface area contributed by atoms with Crippen molar-refractivity contribution >= 4 is 27.4 Å². The minimum Gasteiger partial charge on any atom is -0.496 e. The first-order chi connectivity index (χ1) is 9.45. The summed E-state index contributed by atoms with van der Waals surface area (Å²) >= 11 is 3.07. The van der Waals surface area contributed by atoms with E-state index in [0.717, 1.165) is 5.56 Å². The Hall–Kier alpha value is -1.88. The molecule has 0 heterocycles. The van der Waals surface area contributed by atoms with E-state index in [2.05, 4.69) is 15.9 Å². The fraction of sp³-hybridized carbons (Fsp3) is 0.133. The number of halogens is 2. The number of hydrogen-bond donors (Lipinski definition) is 1. The number of benzene rings is 2. The summed E-state index contributed by atoms with van der Waals surface area (Å²) in [6.45, 7) is 1.82. The zero-order valence-corrected chi connectivity index (χ0v) is 12.6. The first-order valence-corrected chi connectivity index (χ1v) is 6.67. The van der Waals surface area contributed by atoms with Gasteiger partial charge in [0, 0.05) is 17.3 Å². The minimum atomic E-state index is -0.490. The fourth-order valence-electron chi connectivity index (χ4n) is 1.90. The van der Waals surface area contributed by atoms with Gasteiger partial charge in [-0.25, -0.2) is 4.39 Å². The predicted octanol–water partition coefficient (Wildman–Crippen LogP) is 3.72. The highest BCUT2D eigenvalue weighted by molar-refractivity contribution is 9.10. The minimum absolute atomic E-state index is 0.177. The molecule has 104 valence electrons. The summed E-state index contributed by atoms with van der Waals surface area (Å²) in [7, 11) is 1.39. The summed E-state index contributed by atoms with van der Waals surface area (Å²) in [5.74, 6) is -0.615. The van der Waals surface area contributed by atoms with E-state index in [1.165, 1.54) is 19.2 Å². The lowest BCUT2D eigenvalue weighted by atomic mass is 9.99. The lowest BCUT2D eigenvalue weighted by Gasteiger charge is -2.11. The third-order valence-corrected chi connectivity index (χ3v) is 3.66. The van der Waals surface area contributed by atoms with E-state index < -0.39 is 5.82 Å². The van der Waals surface area contributed by atoms with Gasteiger partial charge in [-0.05, 0) is 40.5 Å². The molecule has 3 nitrogen and oxygen atoms in total. The quantitative estimate of drug-likeness (QED) is 0.686. The number of nitrogen functional groups attached to an aromatic ring is 1. The van der Waals surface area contributed by atoms with Gasteiger partial charge in [0.2, 0.25) is 0 Å². The van der Waals surface area contributed by atoms with E-state index in [1.54, 1.807) is 12.1 Å². The molecular weight excluding hydrogens is 325 g/mol. The Morgan fingerprint density at radius 1 is 1.30 bits per heavy atom. The number of para-hydroxylation sites is 1. The molecule has 0 aliphatic rings. The molecule has 2 aromatic carbocycles. The van der Waals surface area contributed by atoms with Gasteiger partial charge < -0.3 is 10.5 Å². The number of nitrogens with two attached hydrogens (primary N) is 1. The number of ketones is 1. The van der Waals surface area contributed by atoms with Crippen LogP contribution in [0.25, 0.3) is 0 Å².